The van der Waals surface area contributed by atoms with E-state index in [4.69, 9.17) is 11.6 Å². The highest BCUT2D eigenvalue weighted by molar-refractivity contribution is 6.34. The average Bonchev–Trinajstić information content (AvgIpc) is 2.63. The molecule has 0 bridgehead atoms. The second-order valence-corrected chi connectivity index (χ2v) is 7.74. The van der Waals surface area contributed by atoms with E-state index in [2.05, 4.69) is 16.0 Å². The highest BCUT2D eigenvalue weighted by Gasteiger charge is 2.23. The second-order valence-electron chi connectivity index (χ2n) is 7.34. The molecule has 3 N–H and O–H groups in total. The molecule has 6 nitrogen and oxygen atoms in total. The van der Waals surface area contributed by atoms with Crippen LogP contribution in [0.4, 0.5) is 11.4 Å². The normalized spacial score (nSPS) is 11.7. The van der Waals surface area contributed by atoms with Crippen LogP contribution in [-0.2, 0) is 9.59 Å². The standard InChI is InChI=1S/C22H26ClN3O3/c1-13(2)11-20(26-21(28)17-8-6-5-7-14(17)3)22(29)25-16-9-10-19(18(23)12-16)24-15(4)27/h5-10,12-13,20H,11H2,1-4H3,(H,24,27)(H,25,29)(H,26,28). The van der Waals surface area contributed by atoms with Gasteiger partial charge in [-0.15, -0.1) is 0 Å². The summed E-state index contributed by atoms with van der Waals surface area (Å²) in [6.45, 7) is 7.21. The molecule has 3 amide bonds. The fourth-order valence-corrected chi connectivity index (χ4v) is 3.11. The summed E-state index contributed by atoms with van der Waals surface area (Å²) in [7, 11) is 0. The Labute approximate surface area is 176 Å². The lowest BCUT2D eigenvalue weighted by molar-refractivity contribution is -0.118. The molecule has 154 valence electrons. The van der Waals surface area contributed by atoms with Gasteiger partial charge < -0.3 is 16.0 Å². The number of anilines is 2. The maximum atomic E-state index is 12.8. The Morgan fingerprint density at radius 1 is 1.03 bits per heavy atom. The van der Waals surface area contributed by atoms with Crippen LogP contribution in [-0.4, -0.2) is 23.8 Å². The SMILES string of the molecule is CC(=O)Nc1ccc(NC(=O)C(CC(C)C)NC(=O)c2ccccc2C)cc1Cl. The van der Waals surface area contributed by atoms with Gasteiger partial charge in [-0.25, -0.2) is 0 Å². The molecule has 1 unspecified atom stereocenters. The number of hydrogen-bond donors (Lipinski definition) is 3. The lowest BCUT2D eigenvalue weighted by atomic mass is 10.0. The Morgan fingerprint density at radius 2 is 1.72 bits per heavy atom. The largest absolute Gasteiger partial charge is 0.340 e. The van der Waals surface area contributed by atoms with Crippen molar-refractivity contribution in [2.45, 2.75) is 40.2 Å². The third-order valence-electron chi connectivity index (χ3n) is 4.27. The lowest BCUT2D eigenvalue weighted by Crippen LogP contribution is -2.44. The molecule has 2 rings (SSSR count). The van der Waals surface area contributed by atoms with Crippen LogP contribution in [0.1, 0.15) is 43.1 Å². The van der Waals surface area contributed by atoms with Gasteiger partial charge in [-0.3, -0.25) is 14.4 Å². The van der Waals surface area contributed by atoms with Crippen LogP contribution in [0.5, 0.6) is 0 Å². The van der Waals surface area contributed by atoms with E-state index in [0.29, 0.717) is 28.4 Å². The minimum atomic E-state index is -0.698. The van der Waals surface area contributed by atoms with Crippen molar-refractivity contribution < 1.29 is 14.4 Å². The van der Waals surface area contributed by atoms with Crippen molar-refractivity contribution in [2.75, 3.05) is 10.6 Å². The van der Waals surface area contributed by atoms with Crippen molar-refractivity contribution in [1.29, 1.82) is 0 Å². The summed E-state index contributed by atoms with van der Waals surface area (Å²) in [5.74, 6) is -0.653. The first-order chi connectivity index (χ1) is 13.7. The Morgan fingerprint density at radius 3 is 2.31 bits per heavy atom. The molecule has 0 fully saturated rings. The molecule has 0 saturated carbocycles. The number of amides is 3. The molecule has 2 aromatic carbocycles. The monoisotopic (exact) mass is 415 g/mol. The van der Waals surface area contributed by atoms with E-state index >= 15 is 0 Å². The number of rotatable bonds is 7. The Kier molecular flexibility index (Phi) is 7.79. The quantitative estimate of drug-likeness (QED) is 0.626. The molecule has 0 aliphatic heterocycles. The zero-order chi connectivity index (χ0) is 21.6. The van der Waals surface area contributed by atoms with Crippen LogP contribution in [0, 0.1) is 12.8 Å². The molecule has 7 heteroatoms. The van der Waals surface area contributed by atoms with Crippen molar-refractivity contribution in [2.24, 2.45) is 5.92 Å². The van der Waals surface area contributed by atoms with Gasteiger partial charge in [-0.05, 0) is 49.1 Å². The third kappa shape index (κ3) is 6.61. The number of nitrogens with one attached hydrogen (secondary N) is 3. The minimum absolute atomic E-state index is 0.202. The van der Waals surface area contributed by atoms with Gasteiger partial charge in [0.05, 0.1) is 10.7 Å². The van der Waals surface area contributed by atoms with Gasteiger partial charge in [0.2, 0.25) is 11.8 Å². The fraction of sp³-hybridized carbons (Fsp3) is 0.318. The molecule has 0 aromatic heterocycles. The van der Waals surface area contributed by atoms with Crippen LogP contribution in [0.15, 0.2) is 42.5 Å². The number of hydrogen-bond acceptors (Lipinski definition) is 3. The maximum absolute atomic E-state index is 12.8. The number of benzene rings is 2. The maximum Gasteiger partial charge on any atom is 0.252 e. The van der Waals surface area contributed by atoms with E-state index in [1.807, 2.05) is 32.9 Å². The molecule has 29 heavy (non-hydrogen) atoms. The Balaban J connectivity index is 2.14. The zero-order valence-electron chi connectivity index (χ0n) is 17.0. The predicted octanol–water partition coefficient (Wildman–Crippen LogP) is 4.39. The van der Waals surface area contributed by atoms with E-state index in [1.165, 1.54) is 6.92 Å². The van der Waals surface area contributed by atoms with E-state index in [0.717, 1.165) is 5.56 Å². The van der Waals surface area contributed by atoms with Crippen molar-refractivity contribution in [1.82, 2.24) is 5.32 Å². The van der Waals surface area contributed by atoms with E-state index < -0.39 is 6.04 Å². The molecular weight excluding hydrogens is 390 g/mol. The molecular formula is C22H26ClN3O3. The molecule has 0 heterocycles. The summed E-state index contributed by atoms with van der Waals surface area (Å²) in [5, 5.41) is 8.55. The first-order valence-electron chi connectivity index (χ1n) is 9.42. The summed E-state index contributed by atoms with van der Waals surface area (Å²) in [4.78, 5) is 36.7. The number of halogens is 1. The first kappa shape index (κ1) is 22.4. The van der Waals surface area contributed by atoms with Gasteiger partial charge in [0, 0.05) is 18.2 Å². The second kappa shape index (κ2) is 10.1. The van der Waals surface area contributed by atoms with E-state index in [-0.39, 0.29) is 23.6 Å². The van der Waals surface area contributed by atoms with Crippen LogP contribution in [0.3, 0.4) is 0 Å². The summed E-state index contributed by atoms with van der Waals surface area (Å²) in [6.07, 6.45) is 0.487. The molecule has 0 saturated heterocycles. The van der Waals surface area contributed by atoms with Crippen molar-refractivity contribution in [3.63, 3.8) is 0 Å². The number of carbonyl (C=O) groups is 3. The first-order valence-corrected chi connectivity index (χ1v) is 9.79. The highest BCUT2D eigenvalue weighted by atomic mass is 35.5. The van der Waals surface area contributed by atoms with E-state index in [1.54, 1.807) is 30.3 Å². The van der Waals surface area contributed by atoms with E-state index in [9.17, 15) is 14.4 Å². The number of aryl methyl sites for hydroxylation is 1. The summed E-state index contributed by atoms with van der Waals surface area (Å²) >= 11 is 6.17. The smallest absolute Gasteiger partial charge is 0.252 e. The van der Waals surface area contributed by atoms with Crippen LogP contribution in [0.2, 0.25) is 5.02 Å². The summed E-state index contributed by atoms with van der Waals surface area (Å²) in [6, 6.07) is 11.3. The van der Waals surface area contributed by atoms with Gasteiger partial charge in [0.1, 0.15) is 6.04 Å². The van der Waals surface area contributed by atoms with Crippen LogP contribution >= 0.6 is 11.6 Å². The third-order valence-corrected chi connectivity index (χ3v) is 4.58. The summed E-state index contributed by atoms with van der Waals surface area (Å²) < 4.78 is 0. The zero-order valence-corrected chi connectivity index (χ0v) is 17.8. The van der Waals surface area contributed by atoms with Crippen molar-refractivity contribution in [3.8, 4) is 0 Å². The van der Waals surface area contributed by atoms with Crippen molar-refractivity contribution in [3.05, 3.63) is 58.6 Å². The fourth-order valence-electron chi connectivity index (χ4n) is 2.88. The Hall–Kier alpha value is -2.86. The van der Waals surface area contributed by atoms with Crippen LogP contribution < -0.4 is 16.0 Å². The Bertz CT molecular complexity index is 912. The van der Waals surface area contributed by atoms with Crippen LogP contribution in [0.25, 0.3) is 0 Å². The average molecular weight is 416 g/mol. The molecule has 2 aromatic rings. The lowest BCUT2D eigenvalue weighted by Gasteiger charge is -2.21. The molecule has 0 spiro atoms. The molecule has 0 aliphatic rings. The number of carbonyl (C=O) groups excluding carboxylic acids is 3. The van der Waals surface area contributed by atoms with Gasteiger partial charge in [-0.2, -0.15) is 0 Å². The highest BCUT2D eigenvalue weighted by Crippen LogP contribution is 2.25. The van der Waals surface area contributed by atoms with Gasteiger partial charge in [0.15, 0.2) is 0 Å². The molecule has 0 radical (unpaired) electrons. The summed E-state index contributed by atoms with van der Waals surface area (Å²) in [5.41, 5.74) is 2.32. The van der Waals surface area contributed by atoms with Gasteiger partial charge >= 0.3 is 0 Å². The molecule has 0 aliphatic carbocycles. The van der Waals surface area contributed by atoms with Gasteiger partial charge in [-0.1, -0.05) is 43.6 Å². The minimum Gasteiger partial charge on any atom is -0.340 e. The molecule has 1 atom stereocenters. The topological polar surface area (TPSA) is 87.3 Å². The predicted molar refractivity (Wildman–Crippen MR) is 116 cm³/mol. The van der Waals surface area contributed by atoms with Gasteiger partial charge in [0.25, 0.3) is 5.91 Å². The van der Waals surface area contributed by atoms with Crippen molar-refractivity contribution >= 4 is 40.7 Å².